The fraction of sp³-hybridized carbons (Fsp3) is 0.235. The largest absolute Gasteiger partial charge is 0.325 e. The average Bonchev–Trinajstić information content (AvgIpc) is 2.96. The first-order chi connectivity index (χ1) is 10.2. The van der Waals surface area contributed by atoms with Crippen molar-refractivity contribution in [2.75, 3.05) is 14.1 Å². The second-order valence-electron chi connectivity index (χ2n) is 5.32. The first kappa shape index (κ1) is 14.2. The maximum atomic E-state index is 5.70. The van der Waals surface area contributed by atoms with E-state index in [2.05, 4.69) is 71.8 Å². The lowest BCUT2D eigenvalue weighted by molar-refractivity contribution is 0.343. The zero-order valence-corrected chi connectivity index (χ0v) is 13.1. The molecule has 1 unspecified atom stereocenters. The molecule has 0 fully saturated rings. The molecule has 2 aromatic carbocycles. The van der Waals surface area contributed by atoms with Crippen LogP contribution in [0.3, 0.4) is 0 Å². The van der Waals surface area contributed by atoms with E-state index in [1.54, 1.807) is 11.3 Å². The van der Waals surface area contributed by atoms with E-state index in [4.69, 9.17) is 5.73 Å². The fourth-order valence-corrected chi connectivity index (χ4v) is 3.71. The van der Waals surface area contributed by atoms with Gasteiger partial charge in [-0.15, -0.1) is 11.3 Å². The highest BCUT2D eigenvalue weighted by atomic mass is 32.1. The summed E-state index contributed by atoms with van der Waals surface area (Å²) in [4.78, 5) is 6.89. The minimum absolute atomic E-state index is 0.154. The van der Waals surface area contributed by atoms with Crippen LogP contribution in [0.4, 0.5) is 0 Å². The molecule has 21 heavy (non-hydrogen) atoms. The van der Waals surface area contributed by atoms with E-state index in [9.17, 15) is 0 Å². The van der Waals surface area contributed by atoms with E-state index in [0.717, 1.165) is 10.7 Å². The first-order valence-corrected chi connectivity index (χ1v) is 7.87. The SMILES string of the molecule is CN(C)C(c1nc(CN)cs1)c1cccc2ccccc12. The van der Waals surface area contributed by atoms with E-state index < -0.39 is 0 Å². The van der Waals surface area contributed by atoms with Crippen LogP contribution >= 0.6 is 11.3 Å². The normalized spacial score (nSPS) is 13.0. The van der Waals surface area contributed by atoms with Gasteiger partial charge in [-0.3, -0.25) is 4.90 Å². The predicted molar refractivity (Wildman–Crippen MR) is 89.5 cm³/mol. The van der Waals surface area contributed by atoms with Crippen LogP contribution < -0.4 is 5.73 Å². The zero-order valence-electron chi connectivity index (χ0n) is 12.3. The summed E-state index contributed by atoms with van der Waals surface area (Å²) in [5.41, 5.74) is 7.95. The summed E-state index contributed by atoms with van der Waals surface area (Å²) < 4.78 is 0. The number of nitrogens with two attached hydrogens (primary N) is 1. The predicted octanol–water partition coefficient (Wildman–Crippen LogP) is 3.41. The van der Waals surface area contributed by atoms with Gasteiger partial charge in [-0.05, 0) is 30.4 Å². The van der Waals surface area contributed by atoms with Crippen LogP contribution in [0, 0.1) is 0 Å². The molecule has 0 radical (unpaired) electrons. The Hall–Kier alpha value is -1.75. The average molecular weight is 297 g/mol. The second kappa shape index (κ2) is 5.93. The molecule has 0 bridgehead atoms. The molecule has 108 valence electrons. The molecule has 2 N–H and O–H groups in total. The Bertz CT molecular complexity index is 743. The molecular weight excluding hydrogens is 278 g/mol. The number of thiazole rings is 1. The molecule has 0 aliphatic heterocycles. The van der Waals surface area contributed by atoms with Crippen molar-refractivity contribution in [3.8, 4) is 0 Å². The highest BCUT2D eigenvalue weighted by Gasteiger charge is 2.21. The summed E-state index contributed by atoms with van der Waals surface area (Å²) in [6.07, 6.45) is 0. The van der Waals surface area contributed by atoms with Gasteiger partial charge in [0.25, 0.3) is 0 Å². The van der Waals surface area contributed by atoms with Gasteiger partial charge >= 0.3 is 0 Å². The highest BCUT2D eigenvalue weighted by Crippen LogP contribution is 2.33. The van der Waals surface area contributed by atoms with Crippen LogP contribution in [0.15, 0.2) is 47.8 Å². The molecule has 1 atom stereocenters. The van der Waals surface area contributed by atoms with Crippen LogP contribution in [0.5, 0.6) is 0 Å². The molecule has 0 aliphatic carbocycles. The Labute approximate surface area is 129 Å². The summed E-state index contributed by atoms with van der Waals surface area (Å²) in [6, 6.07) is 15.1. The van der Waals surface area contributed by atoms with Crippen molar-refractivity contribution in [1.29, 1.82) is 0 Å². The van der Waals surface area contributed by atoms with Crippen LogP contribution in [-0.2, 0) is 6.54 Å². The van der Waals surface area contributed by atoms with Crippen LogP contribution in [-0.4, -0.2) is 24.0 Å². The van der Waals surface area contributed by atoms with Crippen molar-refractivity contribution in [2.45, 2.75) is 12.6 Å². The number of fused-ring (bicyclic) bond motifs is 1. The monoisotopic (exact) mass is 297 g/mol. The molecule has 1 heterocycles. The number of rotatable bonds is 4. The Kier molecular flexibility index (Phi) is 4.01. The minimum Gasteiger partial charge on any atom is -0.325 e. The molecular formula is C17H19N3S. The molecule has 0 aliphatic rings. The van der Waals surface area contributed by atoms with Gasteiger partial charge in [-0.2, -0.15) is 0 Å². The molecule has 3 nitrogen and oxygen atoms in total. The third-order valence-corrected chi connectivity index (χ3v) is 4.59. The number of aromatic nitrogens is 1. The molecule has 0 amide bonds. The summed E-state index contributed by atoms with van der Waals surface area (Å²) in [5, 5.41) is 5.69. The molecule has 0 saturated carbocycles. The van der Waals surface area contributed by atoms with Crippen LogP contribution in [0.1, 0.15) is 22.3 Å². The fourth-order valence-electron chi connectivity index (χ4n) is 2.66. The Morgan fingerprint density at radius 2 is 1.90 bits per heavy atom. The van der Waals surface area contributed by atoms with Gasteiger partial charge in [-0.1, -0.05) is 42.5 Å². The Balaban J connectivity index is 2.16. The Morgan fingerprint density at radius 1 is 1.14 bits per heavy atom. The molecule has 0 saturated heterocycles. The van der Waals surface area contributed by atoms with E-state index in [-0.39, 0.29) is 6.04 Å². The maximum Gasteiger partial charge on any atom is 0.115 e. The van der Waals surface area contributed by atoms with Crippen LogP contribution in [0.25, 0.3) is 10.8 Å². The van der Waals surface area contributed by atoms with Crippen molar-refractivity contribution in [2.24, 2.45) is 5.73 Å². The summed E-state index contributed by atoms with van der Waals surface area (Å²) in [7, 11) is 4.19. The Morgan fingerprint density at radius 3 is 2.62 bits per heavy atom. The van der Waals surface area contributed by atoms with E-state index in [1.165, 1.54) is 16.3 Å². The van der Waals surface area contributed by atoms with Crippen molar-refractivity contribution >= 4 is 22.1 Å². The van der Waals surface area contributed by atoms with Gasteiger partial charge in [0, 0.05) is 11.9 Å². The van der Waals surface area contributed by atoms with Gasteiger partial charge < -0.3 is 5.73 Å². The highest BCUT2D eigenvalue weighted by molar-refractivity contribution is 7.09. The van der Waals surface area contributed by atoms with Gasteiger partial charge in [-0.25, -0.2) is 4.98 Å². The topological polar surface area (TPSA) is 42.2 Å². The minimum atomic E-state index is 0.154. The summed E-state index contributed by atoms with van der Waals surface area (Å²) in [6.45, 7) is 0.492. The van der Waals surface area contributed by atoms with E-state index in [0.29, 0.717) is 6.54 Å². The molecule has 0 spiro atoms. The quantitative estimate of drug-likeness (QED) is 0.802. The third-order valence-electron chi connectivity index (χ3n) is 3.65. The van der Waals surface area contributed by atoms with Crippen molar-refractivity contribution in [3.63, 3.8) is 0 Å². The molecule has 3 aromatic rings. The molecule has 1 aromatic heterocycles. The lowest BCUT2D eigenvalue weighted by Gasteiger charge is -2.24. The summed E-state index contributed by atoms with van der Waals surface area (Å²) >= 11 is 1.68. The zero-order chi connectivity index (χ0) is 14.8. The third kappa shape index (κ3) is 2.70. The van der Waals surface area contributed by atoms with Crippen molar-refractivity contribution in [1.82, 2.24) is 9.88 Å². The van der Waals surface area contributed by atoms with Crippen LogP contribution in [0.2, 0.25) is 0 Å². The maximum absolute atomic E-state index is 5.70. The number of nitrogens with zero attached hydrogens (tertiary/aromatic N) is 2. The summed E-state index contributed by atoms with van der Waals surface area (Å²) in [5.74, 6) is 0. The number of hydrogen-bond donors (Lipinski definition) is 1. The van der Waals surface area contributed by atoms with Gasteiger partial charge in [0.2, 0.25) is 0 Å². The van der Waals surface area contributed by atoms with E-state index in [1.807, 2.05) is 0 Å². The standard InChI is InChI=1S/C17H19N3S/c1-20(2)16(17-19-13(10-18)11-21-17)15-9-5-7-12-6-3-4-8-14(12)15/h3-9,11,16H,10,18H2,1-2H3. The van der Waals surface area contributed by atoms with Gasteiger partial charge in [0.05, 0.1) is 11.7 Å². The molecule has 3 rings (SSSR count). The van der Waals surface area contributed by atoms with Crippen molar-refractivity contribution in [3.05, 3.63) is 64.1 Å². The lowest BCUT2D eigenvalue weighted by atomic mass is 9.98. The van der Waals surface area contributed by atoms with Gasteiger partial charge in [0.15, 0.2) is 0 Å². The van der Waals surface area contributed by atoms with E-state index >= 15 is 0 Å². The second-order valence-corrected chi connectivity index (χ2v) is 6.21. The van der Waals surface area contributed by atoms with Gasteiger partial charge in [0.1, 0.15) is 5.01 Å². The number of benzene rings is 2. The smallest absolute Gasteiger partial charge is 0.115 e. The van der Waals surface area contributed by atoms with Crippen molar-refractivity contribution < 1.29 is 0 Å². The lowest BCUT2D eigenvalue weighted by Crippen LogP contribution is -2.21. The first-order valence-electron chi connectivity index (χ1n) is 6.99. The number of hydrogen-bond acceptors (Lipinski definition) is 4. The molecule has 4 heteroatoms.